The van der Waals surface area contributed by atoms with Gasteiger partial charge in [-0.1, -0.05) is 26.2 Å². The highest BCUT2D eigenvalue weighted by molar-refractivity contribution is 5.85. The number of nitrogens with two attached hydrogens (primary N) is 1. The highest BCUT2D eigenvalue weighted by Crippen LogP contribution is 2.44. The first kappa shape index (κ1) is 16.8. The average Bonchev–Trinajstić information content (AvgIpc) is 2.68. The zero-order valence-corrected chi connectivity index (χ0v) is 12.9. The van der Waals surface area contributed by atoms with E-state index in [4.69, 9.17) is 5.73 Å². The molecule has 0 bridgehead atoms. The summed E-state index contributed by atoms with van der Waals surface area (Å²) in [5, 5.41) is 3.16. The first-order valence-corrected chi connectivity index (χ1v) is 7.67. The fourth-order valence-corrected chi connectivity index (χ4v) is 3.64. The molecule has 112 valence electrons. The number of hydrogen-bond acceptors (Lipinski definition) is 2. The maximum absolute atomic E-state index is 12.0. The smallest absolute Gasteiger partial charge is 0.220 e. The molecule has 19 heavy (non-hydrogen) atoms. The van der Waals surface area contributed by atoms with E-state index in [-0.39, 0.29) is 24.4 Å². The van der Waals surface area contributed by atoms with Gasteiger partial charge in [0.25, 0.3) is 0 Å². The summed E-state index contributed by atoms with van der Waals surface area (Å²) in [6, 6.07) is 0.254. The number of hydrogen-bond donors (Lipinski definition) is 2. The maximum Gasteiger partial charge on any atom is 0.220 e. The van der Waals surface area contributed by atoms with Crippen molar-refractivity contribution in [3.63, 3.8) is 0 Å². The van der Waals surface area contributed by atoms with E-state index in [1.165, 1.54) is 38.5 Å². The van der Waals surface area contributed by atoms with Crippen molar-refractivity contribution in [2.45, 2.75) is 70.8 Å². The summed E-state index contributed by atoms with van der Waals surface area (Å²) in [6.45, 7) is 3.13. The van der Waals surface area contributed by atoms with Crippen LogP contribution in [0.4, 0.5) is 0 Å². The van der Waals surface area contributed by atoms with E-state index in [1.54, 1.807) is 0 Å². The molecule has 2 fully saturated rings. The molecule has 0 aromatic heterocycles. The first-order chi connectivity index (χ1) is 8.65. The van der Waals surface area contributed by atoms with Crippen LogP contribution in [0.2, 0.25) is 0 Å². The highest BCUT2D eigenvalue weighted by atomic mass is 35.5. The molecule has 0 spiro atoms. The van der Waals surface area contributed by atoms with Gasteiger partial charge in [-0.3, -0.25) is 4.79 Å². The van der Waals surface area contributed by atoms with Crippen LogP contribution >= 0.6 is 12.4 Å². The Hall–Kier alpha value is -0.280. The van der Waals surface area contributed by atoms with Crippen molar-refractivity contribution >= 4 is 18.3 Å². The minimum absolute atomic E-state index is 0. The van der Waals surface area contributed by atoms with Gasteiger partial charge in [-0.15, -0.1) is 12.4 Å². The molecule has 0 aromatic rings. The Morgan fingerprint density at radius 3 is 2.53 bits per heavy atom. The summed E-state index contributed by atoms with van der Waals surface area (Å²) in [5.41, 5.74) is 6.45. The lowest BCUT2D eigenvalue weighted by Gasteiger charge is -2.42. The molecule has 0 saturated heterocycles. The summed E-state index contributed by atoms with van der Waals surface area (Å²) in [7, 11) is 0. The number of rotatable bonds is 6. The molecule has 3 N–H and O–H groups in total. The molecule has 0 heterocycles. The summed E-state index contributed by atoms with van der Waals surface area (Å²) in [6.07, 6.45) is 10.5. The fraction of sp³-hybridized carbons (Fsp3) is 0.933. The SMILES string of the molecule is CCCC1(CNC(=O)C[C@@H]2CCC[C@H]2N)CCC1.Cl. The van der Waals surface area contributed by atoms with Gasteiger partial charge >= 0.3 is 0 Å². The second-order valence-electron chi connectivity index (χ2n) is 6.44. The van der Waals surface area contributed by atoms with Crippen LogP contribution in [0.25, 0.3) is 0 Å². The Balaban J connectivity index is 0.00000180. The second kappa shape index (κ2) is 7.49. The van der Waals surface area contributed by atoms with Crippen molar-refractivity contribution in [2.75, 3.05) is 6.54 Å². The Kier molecular flexibility index (Phi) is 6.61. The molecule has 4 heteroatoms. The van der Waals surface area contributed by atoms with Gasteiger partial charge in [-0.2, -0.15) is 0 Å². The lowest BCUT2D eigenvalue weighted by atomic mass is 9.66. The van der Waals surface area contributed by atoms with Gasteiger partial charge in [0.2, 0.25) is 5.91 Å². The molecular formula is C15H29ClN2O. The third-order valence-electron chi connectivity index (χ3n) is 5.02. The van der Waals surface area contributed by atoms with Crippen LogP contribution < -0.4 is 11.1 Å². The van der Waals surface area contributed by atoms with Crippen molar-refractivity contribution in [3.8, 4) is 0 Å². The molecule has 0 unspecified atom stereocenters. The van der Waals surface area contributed by atoms with E-state index < -0.39 is 0 Å². The van der Waals surface area contributed by atoms with Gasteiger partial charge in [0, 0.05) is 19.0 Å². The average molecular weight is 289 g/mol. The molecule has 2 atom stereocenters. The zero-order valence-electron chi connectivity index (χ0n) is 12.1. The van der Waals surface area contributed by atoms with Crippen molar-refractivity contribution in [2.24, 2.45) is 17.1 Å². The van der Waals surface area contributed by atoms with Crippen molar-refractivity contribution in [3.05, 3.63) is 0 Å². The van der Waals surface area contributed by atoms with Crippen LogP contribution in [0.5, 0.6) is 0 Å². The van der Waals surface area contributed by atoms with Gasteiger partial charge in [-0.25, -0.2) is 0 Å². The van der Waals surface area contributed by atoms with E-state index in [1.807, 2.05) is 0 Å². The van der Waals surface area contributed by atoms with E-state index in [2.05, 4.69) is 12.2 Å². The number of carbonyl (C=O) groups is 1. The summed E-state index contributed by atoms with van der Waals surface area (Å²) >= 11 is 0. The zero-order chi connectivity index (χ0) is 13.0. The fourth-order valence-electron chi connectivity index (χ4n) is 3.64. The minimum atomic E-state index is 0. The normalized spacial score (nSPS) is 28.3. The lowest BCUT2D eigenvalue weighted by Crippen LogP contribution is -2.43. The monoisotopic (exact) mass is 288 g/mol. The topological polar surface area (TPSA) is 55.1 Å². The number of halogens is 1. The van der Waals surface area contributed by atoms with Crippen LogP contribution in [-0.2, 0) is 4.79 Å². The third-order valence-corrected chi connectivity index (χ3v) is 5.02. The van der Waals surface area contributed by atoms with E-state index in [0.717, 1.165) is 19.4 Å². The predicted molar refractivity (Wildman–Crippen MR) is 81.4 cm³/mol. The molecular weight excluding hydrogens is 260 g/mol. The van der Waals surface area contributed by atoms with Gasteiger partial charge < -0.3 is 11.1 Å². The maximum atomic E-state index is 12.0. The second-order valence-corrected chi connectivity index (χ2v) is 6.44. The van der Waals surface area contributed by atoms with Crippen LogP contribution in [0, 0.1) is 11.3 Å². The molecule has 3 nitrogen and oxygen atoms in total. The molecule has 0 aliphatic heterocycles. The van der Waals surface area contributed by atoms with Crippen LogP contribution in [0.1, 0.15) is 64.7 Å². The van der Waals surface area contributed by atoms with E-state index >= 15 is 0 Å². The van der Waals surface area contributed by atoms with E-state index in [9.17, 15) is 4.79 Å². The quantitative estimate of drug-likeness (QED) is 0.789. The number of amides is 1. The number of carbonyl (C=O) groups excluding carboxylic acids is 1. The van der Waals surface area contributed by atoms with Crippen molar-refractivity contribution < 1.29 is 4.79 Å². The molecule has 2 aliphatic rings. The van der Waals surface area contributed by atoms with Gasteiger partial charge in [0.15, 0.2) is 0 Å². The van der Waals surface area contributed by atoms with Crippen LogP contribution in [0.15, 0.2) is 0 Å². The van der Waals surface area contributed by atoms with Gasteiger partial charge in [0.05, 0.1) is 0 Å². The predicted octanol–water partition coefficient (Wildman–Crippen LogP) is 3.01. The molecule has 2 rings (SSSR count). The van der Waals surface area contributed by atoms with Crippen molar-refractivity contribution in [1.82, 2.24) is 5.32 Å². The largest absolute Gasteiger partial charge is 0.356 e. The Labute approximate surface area is 123 Å². The standard InChI is InChI=1S/C15H28N2O.ClH/c1-2-7-15(8-4-9-15)11-17-14(18)10-12-5-3-6-13(12)16;/h12-13H,2-11,16H2,1H3,(H,17,18);1H/t12-,13+;/m0./s1. The lowest BCUT2D eigenvalue weighted by molar-refractivity contribution is -0.123. The van der Waals surface area contributed by atoms with Crippen molar-refractivity contribution in [1.29, 1.82) is 0 Å². The Morgan fingerprint density at radius 1 is 1.32 bits per heavy atom. The van der Waals surface area contributed by atoms with Gasteiger partial charge in [-0.05, 0) is 43.4 Å². The molecule has 2 saturated carbocycles. The van der Waals surface area contributed by atoms with Crippen LogP contribution in [0.3, 0.4) is 0 Å². The Morgan fingerprint density at radius 2 is 2.05 bits per heavy atom. The molecule has 1 amide bonds. The highest BCUT2D eigenvalue weighted by Gasteiger charge is 2.36. The van der Waals surface area contributed by atoms with E-state index in [0.29, 0.717) is 17.8 Å². The molecule has 2 aliphatic carbocycles. The minimum Gasteiger partial charge on any atom is -0.356 e. The Bertz CT molecular complexity index is 292. The first-order valence-electron chi connectivity index (χ1n) is 7.67. The number of nitrogens with one attached hydrogen (secondary N) is 1. The van der Waals surface area contributed by atoms with Gasteiger partial charge in [0.1, 0.15) is 0 Å². The summed E-state index contributed by atoms with van der Waals surface area (Å²) < 4.78 is 0. The third kappa shape index (κ3) is 4.35. The molecule has 0 radical (unpaired) electrons. The summed E-state index contributed by atoms with van der Waals surface area (Å²) in [5.74, 6) is 0.647. The van der Waals surface area contributed by atoms with Crippen LogP contribution in [-0.4, -0.2) is 18.5 Å². The summed E-state index contributed by atoms with van der Waals surface area (Å²) in [4.78, 5) is 12.0. The molecule has 0 aromatic carbocycles.